The SMILES string of the molecule is CNc1ccnc(C(=O)Nc2c(C)cc(C)cc2C)c1. The third-order valence-electron chi connectivity index (χ3n) is 3.20. The van der Waals surface area contributed by atoms with E-state index in [2.05, 4.69) is 27.8 Å². The molecule has 0 radical (unpaired) electrons. The second kappa shape index (κ2) is 5.74. The maximum absolute atomic E-state index is 12.3. The number of hydrogen-bond acceptors (Lipinski definition) is 3. The van der Waals surface area contributed by atoms with Crippen LogP contribution < -0.4 is 10.6 Å². The Morgan fingerprint density at radius 2 is 1.75 bits per heavy atom. The van der Waals surface area contributed by atoms with Gasteiger partial charge in [-0.25, -0.2) is 0 Å². The zero-order valence-corrected chi connectivity index (χ0v) is 12.2. The second-order valence-electron chi connectivity index (χ2n) is 4.91. The van der Waals surface area contributed by atoms with Crippen molar-refractivity contribution in [2.45, 2.75) is 20.8 Å². The van der Waals surface area contributed by atoms with Crippen LogP contribution in [0.5, 0.6) is 0 Å². The lowest BCUT2D eigenvalue weighted by Gasteiger charge is -2.12. The summed E-state index contributed by atoms with van der Waals surface area (Å²) in [5.74, 6) is -0.197. The van der Waals surface area contributed by atoms with Gasteiger partial charge in [-0.05, 0) is 44.0 Å². The summed E-state index contributed by atoms with van der Waals surface area (Å²) in [6.45, 7) is 6.03. The maximum atomic E-state index is 12.3. The van der Waals surface area contributed by atoms with E-state index in [-0.39, 0.29) is 5.91 Å². The number of nitrogens with one attached hydrogen (secondary N) is 2. The third kappa shape index (κ3) is 2.96. The molecule has 0 spiro atoms. The predicted octanol–water partition coefficient (Wildman–Crippen LogP) is 3.30. The average molecular weight is 269 g/mol. The highest BCUT2D eigenvalue weighted by Gasteiger charge is 2.11. The van der Waals surface area contributed by atoms with Crippen LogP contribution in [0.15, 0.2) is 30.5 Å². The fraction of sp³-hybridized carbons (Fsp3) is 0.250. The molecule has 104 valence electrons. The zero-order valence-electron chi connectivity index (χ0n) is 12.2. The number of amides is 1. The zero-order chi connectivity index (χ0) is 14.7. The van der Waals surface area contributed by atoms with E-state index in [1.165, 1.54) is 5.56 Å². The summed E-state index contributed by atoms with van der Waals surface area (Å²) in [6, 6.07) is 7.66. The molecule has 0 bridgehead atoms. The van der Waals surface area contributed by atoms with Crippen molar-refractivity contribution in [1.29, 1.82) is 0 Å². The topological polar surface area (TPSA) is 54.0 Å². The van der Waals surface area contributed by atoms with Crippen molar-refractivity contribution in [1.82, 2.24) is 4.98 Å². The molecule has 0 aliphatic carbocycles. The van der Waals surface area contributed by atoms with Crippen LogP contribution in [0.1, 0.15) is 27.2 Å². The number of aryl methyl sites for hydroxylation is 3. The van der Waals surface area contributed by atoms with E-state index < -0.39 is 0 Å². The average Bonchev–Trinajstić information content (AvgIpc) is 2.42. The molecule has 1 aromatic carbocycles. The summed E-state index contributed by atoms with van der Waals surface area (Å²) >= 11 is 0. The first kappa shape index (κ1) is 14.1. The molecule has 0 fully saturated rings. The van der Waals surface area contributed by atoms with E-state index in [0.29, 0.717) is 5.69 Å². The number of hydrogen-bond donors (Lipinski definition) is 2. The molecular formula is C16H19N3O. The van der Waals surface area contributed by atoms with Gasteiger partial charge in [0.05, 0.1) is 0 Å². The molecule has 2 N–H and O–H groups in total. The minimum atomic E-state index is -0.197. The van der Waals surface area contributed by atoms with E-state index >= 15 is 0 Å². The standard InChI is InChI=1S/C16H19N3O/c1-10-7-11(2)15(12(3)8-10)19-16(20)14-9-13(17-4)5-6-18-14/h5-9H,1-4H3,(H,17,18)(H,19,20). The molecule has 20 heavy (non-hydrogen) atoms. The molecule has 4 nitrogen and oxygen atoms in total. The van der Waals surface area contributed by atoms with Crippen molar-refractivity contribution in [3.05, 3.63) is 52.8 Å². The smallest absolute Gasteiger partial charge is 0.274 e. The van der Waals surface area contributed by atoms with Crippen LogP contribution in [0.25, 0.3) is 0 Å². The summed E-state index contributed by atoms with van der Waals surface area (Å²) in [5, 5.41) is 5.94. The molecule has 0 saturated carbocycles. The maximum Gasteiger partial charge on any atom is 0.274 e. The van der Waals surface area contributed by atoms with Crippen LogP contribution in [0.3, 0.4) is 0 Å². The molecule has 1 aromatic heterocycles. The van der Waals surface area contributed by atoms with E-state index in [1.54, 1.807) is 12.3 Å². The minimum absolute atomic E-state index is 0.197. The van der Waals surface area contributed by atoms with Crippen LogP contribution >= 0.6 is 0 Å². The summed E-state index contributed by atoms with van der Waals surface area (Å²) in [7, 11) is 1.81. The lowest BCUT2D eigenvalue weighted by molar-refractivity contribution is 0.102. The first-order valence-corrected chi connectivity index (χ1v) is 6.54. The van der Waals surface area contributed by atoms with Gasteiger partial charge < -0.3 is 10.6 Å². The van der Waals surface area contributed by atoms with Crippen LogP contribution in [0, 0.1) is 20.8 Å². The van der Waals surface area contributed by atoms with Crippen LogP contribution in [0.2, 0.25) is 0 Å². The van der Waals surface area contributed by atoms with Gasteiger partial charge in [-0.1, -0.05) is 17.7 Å². The number of rotatable bonds is 3. The Kier molecular flexibility index (Phi) is 4.03. The van der Waals surface area contributed by atoms with Gasteiger partial charge in [0.2, 0.25) is 0 Å². The molecule has 0 unspecified atom stereocenters. The Morgan fingerprint density at radius 3 is 2.35 bits per heavy atom. The summed E-state index contributed by atoms with van der Waals surface area (Å²) in [4.78, 5) is 16.4. The number of benzene rings is 1. The van der Waals surface area contributed by atoms with Gasteiger partial charge in [-0.3, -0.25) is 9.78 Å². The molecule has 4 heteroatoms. The fourth-order valence-electron chi connectivity index (χ4n) is 2.26. The van der Waals surface area contributed by atoms with Crippen molar-refractivity contribution in [2.24, 2.45) is 0 Å². The second-order valence-corrected chi connectivity index (χ2v) is 4.91. The van der Waals surface area contributed by atoms with E-state index in [0.717, 1.165) is 22.5 Å². The van der Waals surface area contributed by atoms with Crippen molar-refractivity contribution < 1.29 is 4.79 Å². The number of pyridine rings is 1. The Balaban J connectivity index is 2.28. The monoisotopic (exact) mass is 269 g/mol. The number of aromatic nitrogens is 1. The van der Waals surface area contributed by atoms with Crippen molar-refractivity contribution >= 4 is 17.3 Å². The van der Waals surface area contributed by atoms with Gasteiger partial charge >= 0.3 is 0 Å². The summed E-state index contributed by atoms with van der Waals surface area (Å²) in [5.41, 5.74) is 5.42. The van der Waals surface area contributed by atoms with Crippen LogP contribution in [-0.2, 0) is 0 Å². The molecule has 0 aliphatic rings. The van der Waals surface area contributed by atoms with Crippen LogP contribution in [0.4, 0.5) is 11.4 Å². The highest BCUT2D eigenvalue weighted by atomic mass is 16.1. The van der Waals surface area contributed by atoms with Gasteiger partial charge in [0.25, 0.3) is 5.91 Å². The minimum Gasteiger partial charge on any atom is -0.388 e. The first-order valence-electron chi connectivity index (χ1n) is 6.54. The normalized spacial score (nSPS) is 10.2. The molecule has 0 aliphatic heterocycles. The number of carbonyl (C=O) groups excluding carboxylic acids is 1. The Hall–Kier alpha value is -2.36. The quantitative estimate of drug-likeness (QED) is 0.899. The highest BCUT2D eigenvalue weighted by molar-refractivity contribution is 6.04. The van der Waals surface area contributed by atoms with E-state index in [4.69, 9.17) is 0 Å². The summed E-state index contributed by atoms with van der Waals surface area (Å²) in [6.07, 6.45) is 1.62. The molecule has 0 saturated heterocycles. The Morgan fingerprint density at radius 1 is 1.10 bits per heavy atom. The molecule has 2 aromatic rings. The molecule has 1 heterocycles. The van der Waals surface area contributed by atoms with Gasteiger partial charge in [-0.2, -0.15) is 0 Å². The molecule has 1 amide bonds. The van der Waals surface area contributed by atoms with E-state index in [1.807, 2.05) is 33.9 Å². The predicted molar refractivity (Wildman–Crippen MR) is 82.4 cm³/mol. The van der Waals surface area contributed by atoms with Crippen LogP contribution in [-0.4, -0.2) is 17.9 Å². The van der Waals surface area contributed by atoms with Gasteiger partial charge in [0, 0.05) is 24.6 Å². The Bertz CT molecular complexity index is 627. The van der Waals surface area contributed by atoms with Gasteiger partial charge in [0.1, 0.15) is 5.69 Å². The summed E-state index contributed by atoms with van der Waals surface area (Å²) < 4.78 is 0. The molecule has 2 rings (SSSR count). The number of anilines is 2. The highest BCUT2D eigenvalue weighted by Crippen LogP contribution is 2.22. The van der Waals surface area contributed by atoms with Gasteiger partial charge in [-0.15, -0.1) is 0 Å². The first-order chi connectivity index (χ1) is 9.51. The van der Waals surface area contributed by atoms with Crippen molar-refractivity contribution in [3.8, 4) is 0 Å². The molecule has 0 atom stereocenters. The van der Waals surface area contributed by atoms with Crippen molar-refractivity contribution in [2.75, 3.05) is 17.7 Å². The number of nitrogens with zero attached hydrogens (tertiary/aromatic N) is 1. The largest absolute Gasteiger partial charge is 0.388 e. The lowest BCUT2D eigenvalue weighted by atomic mass is 10.0. The van der Waals surface area contributed by atoms with Crippen molar-refractivity contribution in [3.63, 3.8) is 0 Å². The number of carbonyl (C=O) groups is 1. The fourth-order valence-corrected chi connectivity index (χ4v) is 2.26. The Labute approximate surface area is 119 Å². The van der Waals surface area contributed by atoms with E-state index in [9.17, 15) is 4.79 Å². The third-order valence-corrected chi connectivity index (χ3v) is 3.20. The lowest BCUT2D eigenvalue weighted by Crippen LogP contribution is -2.15. The van der Waals surface area contributed by atoms with Gasteiger partial charge in [0.15, 0.2) is 0 Å². The molecular weight excluding hydrogens is 250 g/mol.